The van der Waals surface area contributed by atoms with Gasteiger partial charge in [-0.3, -0.25) is 25.1 Å². The van der Waals surface area contributed by atoms with Gasteiger partial charge in [0, 0.05) is 6.07 Å². The maximum Gasteiger partial charge on any atom is 0.416 e. The second kappa shape index (κ2) is 10.1. The molecule has 0 unspecified atom stereocenters. The van der Waals surface area contributed by atoms with Gasteiger partial charge >= 0.3 is 11.9 Å². The van der Waals surface area contributed by atoms with E-state index in [9.17, 15) is 32.9 Å². The number of hydrazine groups is 1. The van der Waals surface area contributed by atoms with Gasteiger partial charge in [-0.05, 0) is 59.6 Å². The number of carbonyl (C=O) groups is 2. The number of rotatable bonds is 6. The normalized spacial score (nSPS) is 14.9. The molecule has 1 saturated heterocycles. The zero-order chi connectivity index (χ0) is 26.0. The van der Waals surface area contributed by atoms with Crippen LogP contribution in [0.5, 0.6) is 11.5 Å². The third kappa shape index (κ3) is 5.56. The Labute approximate surface area is 214 Å². The number of thiophene rings is 1. The summed E-state index contributed by atoms with van der Waals surface area (Å²) >= 11 is 7.35. The highest BCUT2D eigenvalue weighted by atomic mass is 32.2. The van der Waals surface area contributed by atoms with Crippen molar-refractivity contribution in [3.8, 4) is 11.5 Å². The zero-order valence-corrected chi connectivity index (χ0v) is 20.1. The van der Waals surface area contributed by atoms with Crippen molar-refractivity contribution in [1.82, 2.24) is 10.4 Å². The first-order valence-corrected chi connectivity index (χ1v) is 11.9. The summed E-state index contributed by atoms with van der Waals surface area (Å²) < 4.78 is 44.4. The Hall–Kier alpha value is -3.75. The number of nitro groups is 1. The molecule has 0 atom stereocenters. The van der Waals surface area contributed by atoms with Gasteiger partial charge in [0.25, 0.3) is 11.8 Å². The highest BCUT2D eigenvalue weighted by Crippen LogP contribution is 2.38. The minimum absolute atomic E-state index is 0.0908. The van der Waals surface area contributed by atoms with Gasteiger partial charge in [0.2, 0.25) is 5.75 Å². The Bertz CT molecular complexity index is 1410. The summed E-state index contributed by atoms with van der Waals surface area (Å²) in [7, 11) is 0. The first kappa shape index (κ1) is 25.3. The number of nitro benzene ring substituents is 1. The molecule has 1 aromatic heterocycles. The first-order valence-electron chi connectivity index (χ1n) is 9.79. The number of amides is 2. The fourth-order valence-corrected chi connectivity index (χ4v) is 4.79. The van der Waals surface area contributed by atoms with Crippen molar-refractivity contribution in [2.75, 3.05) is 0 Å². The molecular formula is C22H12F3N3O5S3. The van der Waals surface area contributed by atoms with Crippen molar-refractivity contribution in [2.24, 2.45) is 0 Å². The predicted octanol–water partition coefficient (Wildman–Crippen LogP) is 6.01. The number of halogens is 3. The van der Waals surface area contributed by atoms with E-state index in [1.807, 2.05) is 0 Å². The third-order valence-corrected chi connectivity index (χ3v) is 6.79. The molecular weight excluding hydrogens is 539 g/mol. The lowest BCUT2D eigenvalue weighted by Crippen LogP contribution is -2.44. The second-order valence-electron chi connectivity index (χ2n) is 7.05. The van der Waals surface area contributed by atoms with Crippen molar-refractivity contribution in [1.29, 1.82) is 0 Å². The van der Waals surface area contributed by atoms with Gasteiger partial charge in [-0.1, -0.05) is 30.0 Å². The summed E-state index contributed by atoms with van der Waals surface area (Å²) in [5, 5.41) is 14.0. The lowest BCUT2D eigenvalue weighted by Gasteiger charge is -2.14. The number of nitrogens with one attached hydrogen (secondary N) is 1. The van der Waals surface area contributed by atoms with Gasteiger partial charge in [0.15, 0.2) is 4.32 Å². The van der Waals surface area contributed by atoms with E-state index >= 15 is 0 Å². The van der Waals surface area contributed by atoms with Crippen molar-refractivity contribution < 1.29 is 32.4 Å². The van der Waals surface area contributed by atoms with Gasteiger partial charge in [-0.2, -0.15) is 18.2 Å². The van der Waals surface area contributed by atoms with Gasteiger partial charge in [-0.15, -0.1) is 11.3 Å². The predicted molar refractivity (Wildman–Crippen MR) is 131 cm³/mol. The van der Waals surface area contributed by atoms with Gasteiger partial charge < -0.3 is 4.74 Å². The molecule has 0 bridgehead atoms. The maximum absolute atomic E-state index is 12.9. The van der Waals surface area contributed by atoms with E-state index in [4.69, 9.17) is 17.0 Å². The molecule has 1 fully saturated rings. The second-order valence-corrected chi connectivity index (χ2v) is 9.67. The van der Waals surface area contributed by atoms with Crippen molar-refractivity contribution >= 4 is 63.2 Å². The number of hydrogen-bond acceptors (Lipinski definition) is 8. The van der Waals surface area contributed by atoms with Crippen molar-refractivity contribution in [3.05, 3.63) is 91.0 Å². The number of alkyl halides is 3. The summed E-state index contributed by atoms with van der Waals surface area (Å²) in [4.78, 5) is 36.0. The fourth-order valence-electron chi connectivity index (χ4n) is 3.00. The van der Waals surface area contributed by atoms with Crippen LogP contribution >= 0.6 is 35.3 Å². The van der Waals surface area contributed by atoms with Crippen LogP contribution in [0.4, 0.5) is 18.9 Å². The number of thiocarbonyl (C=S) groups is 1. The summed E-state index contributed by atoms with van der Waals surface area (Å²) in [6.07, 6.45) is -3.27. The topological polar surface area (TPSA) is 102 Å². The summed E-state index contributed by atoms with van der Waals surface area (Å²) in [6, 6.07) is 11.3. The molecule has 184 valence electrons. The van der Waals surface area contributed by atoms with E-state index in [1.165, 1.54) is 35.6 Å². The summed E-state index contributed by atoms with van der Waals surface area (Å²) in [5.41, 5.74) is 0.881. The number of thioether (sulfide) groups is 1. The SMILES string of the molecule is O=C(NN1C(=O)/C(=C\c2cccc(Oc3ccc(C(F)(F)F)cc3[N+](=O)[O-])c2)SC1=S)c1cccs1. The van der Waals surface area contributed by atoms with Crippen LogP contribution < -0.4 is 10.2 Å². The van der Waals surface area contributed by atoms with E-state index in [2.05, 4.69) is 5.43 Å². The van der Waals surface area contributed by atoms with Crippen LogP contribution in [0.2, 0.25) is 0 Å². The highest BCUT2D eigenvalue weighted by Gasteiger charge is 2.35. The summed E-state index contributed by atoms with van der Waals surface area (Å²) in [6.45, 7) is 0. The van der Waals surface area contributed by atoms with Crippen LogP contribution in [0.25, 0.3) is 6.08 Å². The molecule has 0 radical (unpaired) electrons. The van der Waals surface area contributed by atoms with Crippen LogP contribution in [0.1, 0.15) is 20.8 Å². The van der Waals surface area contributed by atoms with Crippen LogP contribution in [0.15, 0.2) is 64.9 Å². The molecule has 1 aliphatic heterocycles. The molecule has 2 amide bonds. The van der Waals surface area contributed by atoms with Crippen molar-refractivity contribution in [3.63, 3.8) is 0 Å². The summed E-state index contributed by atoms with van der Waals surface area (Å²) in [5.74, 6) is -1.34. The van der Waals surface area contributed by atoms with Crippen LogP contribution in [-0.4, -0.2) is 26.1 Å². The van der Waals surface area contributed by atoms with Crippen LogP contribution in [-0.2, 0) is 11.0 Å². The van der Waals surface area contributed by atoms with E-state index in [0.29, 0.717) is 22.6 Å². The smallest absolute Gasteiger partial charge is 0.416 e. The quantitative estimate of drug-likeness (QED) is 0.173. The molecule has 14 heteroatoms. The largest absolute Gasteiger partial charge is 0.450 e. The molecule has 0 spiro atoms. The molecule has 0 aliphatic carbocycles. The van der Waals surface area contributed by atoms with Gasteiger partial charge in [0.05, 0.1) is 20.3 Å². The van der Waals surface area contributed by atoms with Gasteiger partial charge in [0.1, 0.15) is 5.75 Å². The Morgan fingerprint density at radius 2 is 1.94 bits per heavy atom. The van der Waals surface area contributed by atoms with Crippen LogP contribution in [0.3, 0.4) is 0 Å². The minimum atomic E-state index is -4.75. The van der Waals surface area contributed by atoms with E-state index in [-0.39, 0.29) is 20.7 Å². The standard InChI is InChI=1S/C22H12F3N3O5S3/c23-22(24,25)13-6-7-16(15(11-13)28(31)32)33-14-4-1-3-12(9-14)10-18-20(30)27(21(34)36-18)26-19(29)17-5-2-8-35-17/h1-11H,(H,26,29)/b18-10+. The maximum atomic E-state index is 12.9. The van der Waals surface area contributed by atoms with E-state index in [1.54, 1.807) is 23.6 Å². The molecule has 1 aliphatic rings. The Balaban J connectivity index is 1.54. The fraction of sp³-hybridized carbons (Fsp3) is 0.0455. The first-order chi connectivity index (χ1) is 17.0. The molecule has 2 heterocycles. The number of hydrogen-bond donors (Lipinski definition) is 1. The monoisotopic (exact) mass is 551 g/mol. The molecule has 0 saturated carbocycles. The lowest BCUT2D eigenvalue weighted by molar-refractivity contribution is -0.385. The highest BCUT2D eigenvalue weighted by molar-refractivity contribution is 8.26. The zero-order valence-electron chi connectivity index (χ0n) is 17.6. The number of carbonyl (C=O) groups excluding carboxylic acids is 2. The Morgan fingerprint density at radius 1 is 1.17 bits per heavy atom. The molecule has 3 aromatic rings. The Kier molecular flexibility index (Phi) is 7.10. The number of nitrogens with zero attached hydrogens (tertiary/aromatic N) is 2. The Morgan fingerprint density at radius 3 is 2.61 bits per heavy atom. The average molecular weight is 552 g/mol. The van der Waals surface area contributed by atoms with E-state index in [0.717, 1.165) is 22.8 Å². The molecule has 2 aromatic carbocycles. The van der Waals surface area contributed by atoms with Crippen molar-refractivity contribution in [2.45, 2.75) is 6.18 Å². The number of benzene rings is 2. The number of ether oxygens (including phenoxy) is 1. The lowest BCUT2D eigenvalue weighted by atomic mass is 10.1. The van der Waals surface area contributed by atoms with E-state index < -0.39 is 34.2 Å². The molecule has 8 nitrogen and oxygen atoms in total. The van der Waals surface area contributed by atoms with Gasteiger partial charge in [-0.25, -0.2) is 0 Å². The average Bonchev–Trinajstić information content (AvgIpc) is 3.44. The molecule has 1 N–H and O–H groups in total. The molecule has 4 rings (SSSR count). The third-order valence-electron chi connectivity index (χ3n) is 4.62. The minimum Gasteiger partial charge on any atom is -0.450 e. The van der Waals surface area contributed by atoms with Crippen LogP contribution in [0, 0.1) is 10.1 Å². The molecule has 36 heavy (non-hydrogen) atoms.